The van der Waals surface area contributed by atoms with Crippen LogP contribution >= 0.6 is 22.6 Å². The molecule has 4 nitrogen and oxygen atoms in total. The molecule has 0 aromatic carbocycles. The Morgan fingerprint density at radius 3 is 2.88 bits per heavy atom. The molecule has 1 aromatic heterocycles. The second-order valence-electron chi connectivity index (χ2n) is 4.19. The number of rotatable bonds is 4. The lowest BCUT2D eigenvalue weighted by molar-refractivity contribution is 0.110. The molecule has 0 aliphatic carbocycles. The van der Waals surface area contributed by atoms with Crippen LogP contribution in [0.5, 0.6) is 0 Å². The fourth-order valence-electron chi connectivity index (χ4n) is 2.04. The number of anilines is 1. The molecule has 1 aromatic rings. The SMILES string of the molecule is CCc1nc(CC2CCCO2)nc(NC)c1I. The van der Waals surface area contributed by atoms with E-state index in [4.69, 9.17) is 4.74 Å². The van der Waals surface area contributed by atoms with E-state index in [1.807, 2.05) is 7.05 Å². The number of hydrogen-bond acceptors (Lipinski definition) is 4. The Balaban J connectivity index is 2.21. The van der Waals surface area contributed by atoms with E-state index in [1.54, 1.807) is 0 Å². The molecule has 0 amide bonds. The van der Waals surface area contributed by atoms with Crippen molar-refractivity contribution in [2.45, 2.75) is 38.7 Å². The number of aryl methyl sites for hydroxylation is 1. The maximum absolute atomic E-state index is 5.63. The van der Waals surface area contributed by atoms with Crippen molar-refractivity contribution in [3.63, 3.8) is 0 Å². The van der Waals surface area contributed by atoms with Gasteiger partial charge in [-0.15, -0.1) is 0 Å². The van der Waals surface area contributed by atoms with Gasteiger partial charge in [-0.1, -0.05) is 6.92 Å². The lowest BCUT2D eigenvalue weighted by atomic mass is 10.1. The summed E-state index contributed by atoms with van der Waals surface area (Å²) in [6.07, 6.45) is 4.37. The third kappa shape index (κ3) is 3.07. The first-order valence-electron chi connectivity index (χ1n) is 6.09. The monoisotopic (exact) mass is 347 g/mol. The van der Waals surface area contributed by atoms with Gasteiger partial charge < -0.3 is 10.1 Å². The lowest BCUT2D eigenvalue weighted by Gasteiger charge is -2.12. The first-order valence-corrected chi connectivity index (χ1v) is 7.17. The third-order valence-corrected chi connectivity index (χ3v) is 4.11. The summed E-state index contributed by atoms with van der Waals surface area (Å²) in [7, 11) is 1.90. The van der Waals surface area contributed by atoms with Crippen molar-refractivity contribution in [2.24, 2.45) is 0 Å². The van der Waals surface area contributed by atoms with Crippen molar-refractivity contribution in [1.29, 1.82) is 0 Å². The van der Waals surface area contributed by atoms with Crippen LogP contribution < -0.4 is 5.32 Å². The molecule has 94 valence electrons. The van der Waals surface area contributed by atoms with Crippen LogP contribution in [0.3, 0.4) is 0 Å². The number of ether oxygens (including phenoxy) is 1. The van der Waals surface area contributed by atoms with E-state index in [9.17, 15) is 0 Å². The van der Waals surface area contributed by atoms with Crippen LogP contribution in [0.15, 0.2) is 0 Å². The second-order valence-corrected chi connectivity index (χ2v) is 5.27. The Labute approximate surface area is 116 Å². The normalized spacial score (nSPS) is 19.6. The van der Waals surface area contributed by atoms with Gasteiger partial charge in [0.15, 0.2) is 0 Å². The highest BCUT2D eigenvalue weighted by Gasteiger charge is 2.19. The van der Waals surface area contributed by atoms with Crippen molar-refractivity contribution in [2.75, 3.05) is 19.0 Å². The summed E-state index contributed by atoms with van der Waals surface area (Å²) in [5.74, 6) is 1.84. The van der Waals surface area contributed by atoms with Gasteiger partial charge in [-0.3, -0.25) is 0 Å². The number of hydrogen-bond donors (Lipinski definition) is 1. The molecule has 2 heterocycles. The van der Waals surface area contributed by atoms with Crippen LogP contribution in [0.2, 0.25) is 0 Å². The molecule has 17 heavy (non-hydrogen) atoms. The highest BCUT2D eigenvalue weighted by molar-refractivity contribution is 14.1. The Kier molecular flexibility index (Phi) is 4.55. The summed E-state index contributed by atoms with van der Waals surface area (Å²) >= 11 is 2.30. The average Bonchev–Trinajstić information content (AvgIpc) is 2.84. The predicted molar refractivity (Wildman–Crippen MR) is 76.4 cm³/mol. The van der Waals surface area contributed by atoms with E-state index >= 15 is 0 Å². The maximum Gasteiger partial charge on any atom is 0.143 e. The van der Waals surface area contributed by atoms with Gasteiger partial charge >= 0.3 is 0 Å². The highest BCUT2D eigenvalue weighted by Crippen LogP contribution is 2.21. The van der Waals surface area contributed by atoms with Crippen molar-refractivity contribution in [3.8, 4) is 0 Å². The molecular weight excluding hydrogens is 329 g/mol. The second kappa shape index (κ2) is 5.95. The minimum Gasteiger partial charge on any atom is -0.378 e. The van der Waals surface area contributed by atoms with Crippen LogP contribution in [0.25, 0.3) is 0 Å². The Bertz CT molecular complexity index is 366. The number of nitrogens with one attached hydrogen (secondary N) is 1. The van der Waals surface area contributed by atoms with Gasteiger partial charge in [-0.05, 0) is 41.9 Å². The van der Waals surface area contributed by atoms with Crippen molar-refractivity contribution in [1.82, 2.24) is 9.97 Å². The molecule has 0 radical (unpaired) electrons. The van der Waals surface area contributed by atoms with Crippen LogP contribution in [0, 0.1) is 3.57 Å². The Morgan fingerprint density at radius 1 is 1.47 bits per heavy atom. The Morgan fingerprint density at radius 2 is 2.29 bits per heavy atom. The summed E-state index contributed by atoms with van der Waals surface area (Å²) < 4.78 is 6.76. The van der Waals surface area contributed by atoms with Crippen molar-refractivity contribution >= 4 is 28.4 Å². The largest absolute Gasteiger partial charge is 0.378 e. The van der Waals surface area contributed by atoms with Gasteiger partial charge in [-0.2, -0.15) is 0 Å². The molecule has 5 heteroatoms. The van der Waals surface area contributed by atoms with Gasteiger partial charge in [0.1, 0.15) is 11.6 Å². The van der Waals surface area contributed by atoms with E-state index in [-0.39, 0.29) is 0 Å². The fourth-order valence-corrected chi connectivity index (χ4v) is 2.94. The average molecular weight is 347 g/mol. The predicted octanol–water partition coefficient (Wildman–Crippen LogP) is 2.41. The maximum atomic E-state index is 5.63. The van der Waals surface area contributed by atoms with Crippen LogP contribution in [-0.2, 0) is 17.6 Å². The molecule has 1 atom stereocenters. The van der Waals surface area contributed by atoms with E-state index in [0.29, 0.717) is 6.10 Å². The lowest BCUT2D eigenvalue weighted by Crippen LogP contribution is -2.14. The quantitative estimate of drug-likeness (QED) is 0.850. The van der Waals surface area contributed by atoms with Crippen LogP contribution in [0.1, 0.15) is 31.3 Å². The zero-order valence-electron chi connectivity index (χ0n) is 10.3. The summed E-state index contributed by atoms with van der Waals surface area (Å²) in [5.41, 5.74) is 1.12. The first-order chi connectivity index (χ1) is 8.24. The van der Waals surface area contributed by atoms with Gasteiger partial charge in [0, 0.05) is 20.1 Å². The molecule has 1 fully saturated rings. The Hall–Kier alpha value is -0.430. The summed E-state index contributed by atoms with van der Waals surface area (Å²) in [6.45, 7) is 3.01. The number of halogens is 1. The summed E-state index contributed by atoms with van der Waals surface area (Å²) in [6, 6.07) is 0. The van der Waals surface area contributed by atoms with Crippen molar-refractivity contribution < 1.29 is 4.74 Å². The molecule has 2 rings (SSSR count). The number of aromatic nitrogens is 2. The van der Waals surface area contributed by atoms with Crippen molar-refractivity contribution in [3.05, 3.63) is 15.1 Å². The topological polar surface area (TPSA) is 47.0 Å². The van der Waals surface area contributed by atoms with Gasteiger partial charge in [0.05, 0.1) is 15.4 Å². The summed E-state index contributed by atoms with van der Waals surface area (Å²) in [5, 5.41) is 3.14. The van der Waals surface area contributed by atoms with Gasteiger partial charge in [0.25, 0.3) is 0 Å². The fraction of sp³-hybridized carbons (Fsp3) is 0.667. The molecule has 1 aliphatic heterocycles. The van der Waals surface area contributed by atoms with Crippen LogP contribution in [-0.4, -0.2) is 29.7 Å². The van der Waals surface area contributed by atoms with E-state index in [2.05, 4.69) is 44.8 Å². The molecular formula is C12H18IN3O. The molecule has 0 saturated carbocycles. The third-order valence-electron chi connectivity index (χ3n) is 2.97. The number of nitrogens with zero attached hydrogens (tertiary/aromatic N) is 2. The summed E-state index contributed by atoms with van der Waals surface area (Å²) in [4.78, 5) is 9.18. The minimum atomic E-state index is 0.310. The van der Waals surface area contributed by atoms with E-state index < -0.39 is 0 Å². The molecule has 1 N–H and O–H groups in total. The standard InChI is InChI=1S/C12H18IN3O/c1-3-9-11(13)12(14-2)16-10(15-9)7-8-5-4-6-17-8/h8H,3-7H2,1-2H3,(H,14,15,16). The molecule has 1 saturated heterocycles. The van der Waals surface area contributed by atoms with E-state index in [0.717, 1.165) is 53.2 Å². The van der Waals surface area contributed by atoms with Gasteiger partial charge in [-0.25, -0.2) is 9.97 Å². The smallest absolute Gasteiger partial charge is 0.143 e. The zero-order valence-corrected chi connectivity index (χ0v) is 12.5. The molecule has 0 bridgehead atoms. The van der Waals surface area contributed by atoms with Gasteiger partial charge in [0.2, 0.25) is 0 Å². The highest BCUT2D eigenvalue weighted by atomic mass is 127. The molecule has 1 aliphatic rings. The van der Waals surface area contributed by atoms with Crippen LogP contribution in [0.4, 0.5) is 5.82 Å². The zero-order chi connectivity index (χ0) is 12.3. The molecule has 1 unspecified atom stereocenters. The van der Waals surface area contributed by atoms with E-state index in [1.165, 1.54) is 0 Å². The molecule has 0 spiro atoms. The minimum absolute atomic E-state index is 0.310. The first kappa shape index (κ1) is 13.0.